The Morgan fingerprint density at radius 2 is 0.619 bits per heavy atom. The molecule has 0 unspecified atom stereocenters. The van der Waals surface area contributed by atoms with E-state index in [1.165, 1.54) is 54.6 Å². The molecule has 47 heteroatoms. The molecule has 4 aliphatic heterocycles. The molecule has 0 bridgehead atoms. The van der Waals surface area contributed by atoms with Gasteiger partial charge in [0.15, 0.2) is 37.7 Å². The molecule has 0 spiro atoms. The van der Waals surface area contributed by atoms with Crippen LogP contribution >= 0.6 is 63.7 Å². The lowest BCUT2D eigenvalue weighted by Crippen LogP contribution is -2.42. The minimum atomic E-state index is -0.817. The first kappa shape index (κ1) is 119. The average molecular weight is 2270 g/mol. The topological polar surface area (TPSA) is 325 Å². The van der Waals surface area contributed by atoms with Crippen molar-refractivity contribution >= 4 is 154 Å². The predicted molar refractivity (Wildman–Crippen MR) is 564 cm³/mol. The van der Waals surface area contributed by atoms with Gasteiger partial charge in [0, 0.05) is 100 Å². The molecule has 0 saturated carbocycles. The van der Waals surface area contributed by atoms with Gasteiger partial charge in [0.05, 0.1) is 102 Å². The highest BCUT2D eigenvalue weighted by atomic mass is 79.9. The van der Waals surface area contributed by atoms with Gasteiger partial charge in [-0.25, -0.2) is 32.6 Å². The lowest BCUT2D eigenvalue weighted by atomic mass is 9.93. The monoisotopic (exact) mass is 2260 g/mol. The summed E-state index contributed by atoms with van der Waals surface area (Å²) in [7, 11) is -3.08. The molecule has 33 nitrogen and oxygen atoms in total. The second-order valence-electron chi connectivity index (χ2n) is 32.9. The van der Waals surface area contributed by atoms with E-state index in [9.17, 15) is 13.2 Å². The fraction of sp³-hybridized carbons (Fsp3) is 0.300. The first-order valence-electron chi connectivity index (χ1n) is 45.8. The highest BCUT2D eigenvalue weighted by Gasteiger charge is 2.36. The SMILES string of the molecule is CC1(C)COB(OCc2cc(F)ccc2[N+]#N)OC1.N#[N+]c1ccc(F)cc1COB1OCCCCO1.N#[N+]c1ccc(F)cc1COB1OCCCO1.[C-]#[N+]c1ccc(Oc2ccc(Br)c(COB(C)O)c2)cc1.[C-]#[N+]c1ccc(Oc2ccc(Br)c(COB(C)OC)c2)cc1.[C-]#[N+]c1ccc(Oc2ccc(Br)c(COB(OC(C)C)OC(C)C)c2)cc1.[C-]#[N+]c1ccc(Oc2ccc(Br)c(COB3OCCO3)c2)cc1. The number of hydrogen-bond donors (Lipinski definition) is 1. The van der Waals surface area contributed by atoms with Crippen LogP contribution in [0.15, 0.2) is 242 Å². The molecule has 0 aliphatic carbocycles. The summed E-state index contributed by atoms with van der Waals surface area (Å²) in [4.78, 5) is 22.6. The van der Waals surface area contributed by atoms with Gasteiger partial charge in [0.2, 0.25) is 16.2 Å². The maximum atomic E-state index is 13.1. The lowest BCUT2D eigenvalue weighted by Gasteiger charge is -2.31. The molecule has 4 aliphatic rings. The molecule has 4 heterocycles. The Hall–Kier alpha value is -11.8. The van der Waals surface area contributed by atoms with Crippen LogP contribution in [0.5, 0.6) is 46.0 Å². The molecule has 0 radical (unpaired) electrons. The number of benzene rings is 11. The Labute approximate surface area is 888 Å². The first-order chi connectivity index (χ1) is 70.9. The zero-order chi connectivity index (χ0) is 106. The van der Waals surface area contributed by atoms with Gasteiger partial charge in [-0.2, -0.15) is 0 Å². The van der Waals surface area contributed by atoms with E-state index < -0.39 is 61.2 Å². The normalized spacial score (nSPS) is 13.2. The van der Waals surface area contributed by atoms with Crippen LogP contribution in [0.1, 0.15) is 99.7 Å². The first-order valence-corrected chi connectivity index (χ1v) is 49.0. The highest BCUT2D eigenvalue weighted by Crippen LogP contribution is 2.36. The van der Waals surface area contributed by atoms with Crippen LogP contribution in [0.4, 0.5) is 53.0 Å². The fourth-order valence-electron chi connectivity index (χ4n) is 12.4. The van der Waals surface area contributed by atoms with Crippen LogP contribution in [-0.2, 0) is 130 Å². The van der Waals surface area contributed by atoms with Crippen molar-refractivity contribution in [3.8, 4) is 46.0 Å². The van der Waals surface area contributed by atoms with Gasteiger partial charge in [-0.15, -0.1) is 0 Å². The number of nitrogens with zero attached hydrogens (tertiary/aromatic N) is 10. The van der Waals surface area contributed by atoms with Crippen LogP contribution < -0.4 is 18.9 Å². The number of diazo groups is 3. The van der Waals surface area contributed by atoms with Gasteiger partial charge >= 0.3 is 67.9 Å². The molecule has 4 fully saturated rings. The molecule has 15 rings (SSSR count). The quantitative estimate of drug-likeness (QED) is 0.0222. The van der Waals surface area contributed by atoms with Crippen LogP contribution in [-0.4, -0.2) is 128 Å². The zero-order valence-corrected chi connectivity index (χ0v) is 88.2. The van der Waals surface area contributed by atoms with E-state index in [4.69, 9.17) is 150 Å². The van der Waals surface area contributed by atoms with Crippen LogP contribution in [0, 0.1) is 65.3 Å². The minimum absolute atomic E-state index is 0.00899. The summed E-state index contributed by atoms with van der Waals surface area (Å²) < 4.78 is 163. The lowest BCUT2D eigenvalue weighted by molar-refractivity contribution is -0.0213. The van der Waals surface area contributed by atoms with Gasteiger partial charge in [0.1, 0.15) is 63.4 Å². The molecule has 0 aromatic heterocycles. The Balaban J connectivity index is 0.000000192. The van der Waals surface area contributed by atoms with Gasteiger partial charge in [-0.3, -0.25) is 0 Å². The molecule has 11 aromatic carbocycles. The van der Waals surface area contributed by atoms with E-state index in [0.29, 0.717) is 158 Å². The van der Waals surface area contributed by atoms with Gasteiger partial charge in [0.25, 0.3) is 0 Å². The standard InChI is InChI=1S/C20H23BBrNO4.C16H13BBrNO4.C16H15BBrNO3.C15H13BBrNO3.C12H15BFN2O3.C11H13BFN2O3.C10H11BFN2O3/c1-14(2)26-21(27-15(3)4)24-13-16-12-19(10-11-20(16)22)25-18-8-6-17(23-5)7-9-18;1-19-13-2-4-14(5-3-13)23-15-6-7-16(18)12(10-15)11-22-17-20-8-9-21-17;1-17(20-3)21-11-12-10-15(8-9-16(12)18)22-14-6-4-13(19-2)5-7-14;1-16(19)20-10-11-9-14(7-8-15(11)17)21-13-5-3-12(18-2)4-6-13;1-12(2)7-18-13(19-8-12)17-6-9-5-10(14)3-4-11(9)16-15;13-10-3-4-11(15-14)9(7-10)8-18-12-16-5-1-2-6-17-12;12-9-2-3-10(14-13)8(6-9)7-17-11-15-4-1-5-16-11/h6-12,14-15H,13H2,1-4H3;2-7,10H,8-9,11H2;4-10H,11H2,1,3H3;3-9,19H,10H2,1H3;3-5H,6-8H2,1-2H3;3-4,7H,1-2,5-6,8H2;2-3,6H,1,4-5,7H2/q;;;;3*+1. The third-order valence-corrected chi connectivity index (χ3v) is 23.0. The predicted octanol–water partition coefficient (Wildman–Crippen LogP) is 27.7. The molecule has 147 heavy (non-hydrogen) atoms. The Morgan fingerprint density at radius 3 is 0.905 bits per heavy atom. The van der Waals surface area contributed by atoms with E-state index in [-0.39, 0.29) is 68.2 Å². The molecular formula is C100H103B7Br4F3N10O23+3. The second-order valence-corrected chi connectivity index (χ2v) is 36.3. The smallest absolute Gasteiger partial charge is 0.457 e. The van der Waals surface area contributed by atoms with Crippen molar-refractivity contribution in [2.45, 2.75) is 133 Å². The molecule has 0 amide bonds. The number of rotatable bonds is 34. The summed E-state index contributed by atoms with van der Waals surface area (Å²) in [5, 5.41) is 35.5. The molecular weight excluding hydrogens is 2160 g/mol. The largest absolute Gasteiger partial charge is 0.640 e. The maximum absolute atomic E-state index is 13.1. The van der Waals surface area contributed by atoms with E-state index in [1.807, 2.05) is 121 Å². The van der Waals surface area contributed by atoms with Crippen molar-refractivity contribution in [1.82, 2.24) is 0 Å². The molecule has 4 saturated heterocycles. The highest BCUT2D eigenvalue weighted by molar-refractivity contribution is 9.11. The summed E-state index contributed by atoms with van der Waals surface area (Å²) in [6.45, 7) is 49.0. The molecule has 1 N–H and O–H groups in total. The van der Waals surface area contributed by atoms with Crippen LogP contribution in [0.2, 0.25) is 13.6 Å². The Morgan fingerprint density at radius 1 is 0.354 bits per heavy atom. The van der Waals surface area contributed by atoms with E-state index in [2.05, 4.69) is 98.0 Å². The molecule has 758 valence electrons. The van der Waals surface area contributed by atoms with E-state index >= 15 is 0 Å². The average Bonchev–Trinajstić information content (AvgIpc) is 1.18. The molecule has 0 atom stereocenters. The summed E-state index contributed by atoms with van der Waals surface area (Å²) >= 11 is 14.0. The van der Waals surface area contributed by atoms with Crippen molar-refractivity contribution in [2.24, 2.45) is 5.41 Å². The third kappa shape index (κ3) is 44.3. The van der Waals surface area contributed by atoms with Crippen molar-refractivity contribution in [3.63, 3.8) is 0 Å². The van der Waals surface area contributed by atoms with Crippen LogP contribution in [0.3, 0.4) is 0 Å². The fourth-order valence-corrected chi connectivity index (χ4v) is 13.9. The van der Waals surface area contributed by atoms with Crippen molar-refractivity contribution in [1.29, 1.82) is 16.2 Å². The van der Waals surface area contributed by atoms with Crippen molar-refractivity contribution < 1.29 is 121 Å². The summed E-state index contributed by atoms with van der Waals surface area (Å²) in [6, 6.07) is 62.0. The second kappa shape index (κ2) is 64.5. The maximum Gasteiger partial charge on any atom is 0.640 e. The van der Waals surface area contributed by atoms with Gasteiger partial charge in [-0.05, 0) is 241 Å². The summed E-state index contributed by atoms with van der Waals surface area (Å²) in [5.41, 5.74) is 8.08. The number of ether oxygens (including phenoxy) is 4. The minimum Gasteiger partial charge on any atom is -0.457 e. The van der Waals surface area contributed by atoms with Gasteiger partial charge < -0.3 is 108 Å². The van der Waals surface area contributed by atoms with E-state index in [0.717, 1.165) is 59.4 Å². The van der Waals surface area contributed by atoms with Gasteiger partial charge in [-0.1, -0.05) is 126 Å². The molecule has 11 aromatic rings. The third-order valence-electron chi connectivity index (χ3n) is 19.9. The zero-order valence-electron chi connectivity index (χ0n) is 81.8. The Bertz CT molecular complexity index is 6270. The van der Waals surface area contributed by atoms with E-state index in [1.54, 1.807) is 111 Å². The summed E-state index contributed by atoms with van der Waals surface area (Å²) in [6.07, 6.45) is 2.67. The summed E-state index contributed by atoms with van der Waals surface area (Å²) in [5.74, 6) is 4.19. The Kier molecular flexibility index (Phi) is 52.1. The van der Waals surface area contributed by atoms with Crippen LogP contribution in [0.25, 0.3) is 34.3 Å². The van der Waals surface area contributed by atoms with Crippen molar-refractivity contribution in [3.05, 3.63) is 359 Å². The number of hydrogen-bond acceptors (Lipinski definition) is 26. The van der Waals surface area contributed by atoms with Crippen molar-refractivity contribution in [2.75, 3.05) is 60.0 Å². The number of halogens is 7.